The third kappa shape index (κ3) is 10.5. The van der Waals surface area contributed by atoms with Gasteiger partial charge < -0.3 is 24.8 Å². The molecule has 0 saturated carbocycles. The zero-order valence-corrected chi connectivity index (χ0v) is 18.7. The van der Waals surface area contributed by atoms with E-state index < -0.39 is 11.9 Å². The number of furan rings is 1. The maximum atomic E-state index is 10.6. The highest BCUT2D eigenvalue weighted by Gasteiger charge is 2.09. The number of carboxylic acids is 2. The van der Waals surface area contributed by atoms with Crippen LogP contribution in [0.25, 0.3) is 0 Å². The van der Waals surface area contributed by atoms with E-state index in [9.17, 15) is 14.4 Å². The molecule has 31 heavy (non-hydrogen) atoms. The van der Waals surface area contributed by atoms with Crippen molar-refractivity contribution in [3.05, 3.63) is 41.1 Å². The SMILES string of the molecule is Cc1cc(CSCCNc2nc(C=O)nn2C)oc1CN(C)C.O=C(O)C=CC(=O)O. The number of carbonyl (C=O) groups excluding carboxylic acids is 1. The molecule has 2 aromatic heterocycles. The number of anilines is 1. The van der Waals surface area contributed by atoms with Crippen LogP contribution < -0.4 is 5.32 Å². The fourth-order valence-electron chi connectivity index (χ4n) is 2.26. The van der Waals surface area contributed by atoms with Crippen molar-refractivity contribution in [2.75, 3.05) is 31.7 Å². The topological polar surface area (TPSA) is 151 Å². The van der Waals surface area contributed by atoms with Crippen LogP contribution in [-0.4, -0.2) is 74.5 Å². The van der Waals surface area contributed by atoms with Crippen molar-refractivity contribution in [1.29, 1.82) is 0 Å². The number of hydrogen-bond acceptors (Lipinski definition) is 9. The van der Waals surface area contributed by atoms with Crippen molar-refractivity contribution in [3.63, 3.8) is 0 Å². The summed E-state index contributed by atoms with van der Waals surface area (Å²) in [7, 11) is 5.82. The van der Waals surface area contributed by atoms with Crippen LogP contribution >= 0.6 is 11.8 Å². The molecule has 0 bridgehead atoms. The second-order valence-electron chi connectivity index (χ2n) is 6.58. The van der Waals surface area contributed by atoms with Gasteiger partial charge in [-0.25, -0.2) is 14.3 Å². The number of carboxylic acid groups (broad SMARTS) is 2. The highest BCUT2D eigenvalue weighted by molar-refractivity contribution is 7.98. The standard InChI is InChI=1S/C15H23N5O2S.C4H4O4/c1-11-7-12(22-13(11)8-19(2)3)10-23-6-5-16-15-17-14(9-21)18-20(15)4;5-3(6)1-2-4(7)8/h7,9H,5-6,8,10H2,1-4H3,(H,16,17,18);1-2H,(H,5,6)(H,7,8). The summed E-state index contributed by atoms with van der Waals surface area (Å²) in [5.74, 6) is 2.08. The number of aromatic nitrogens is 3. The van der Waals surface area contributed by atoms with Crippen LogP contribution in [0.4, 0.5) is 5.95 Å². The van der Waals surface area contributed by atoms with Gasteiger partial charge in [0.1, 0.15) is 11.5 Å². The molecule has 0 unspecified atom stereocenters. The van der Waals surface area contributed by atoms with Crippen molar-refractivity contribution in [2.24, 2.45) is 7.05 Å². The molecule has 3 N–H and O–H groups in total. The Morgan fingerprint density at radius 1 is 1.29 bits per heavy atom. The maximum absolute atomic E-state index is 10.6. The molecule has 0 aromatic carbocycles. The first-order chi connectivity index (χ1) is 14.6. The predicted octanol–water partition coefficient (Wildman–Crippen LogP) is 1.65. The zero-order valence-electron chi connectivity index (χ0n) is 17.9. The third-order valence-electron chi connectivity index (χ3n) is 3.56. The lowest BCUT2D eigenvalue weighted by atomic mass is 10.2. The van der Waals surface area contributed by atoms with Gasteiger partial charge in [-0.1, -0.05) is 0 Å². The molecule has 0 fully saturated rings. The summed E-state index contributed by atoms with van der Waals surface area (Å²) >= 11 is 1.79. The molecule has 2 heterocycles. The van der Waals surface area contributed by atoms with Gasteiger partial charge in [-0.2, -0.15) is 16.7 Å². The summed E-state index contributed by atoms with van der Waals surface area (Å²) < 4.78 is 7.45. The molecule has 0 radical (unpaired) electrons. The molecule has 2 aromatic rings. The number of aliphatic carboxylic acids is 2. The van der Waals surface area contributed by atoms with Gasteiger partial charge in [0, 0.05) is 31.5 Å². The zero-order chi connectivity index (χ0) is 23.4. The van der Waals surface area contributed by atoms with Crippen LogP contribution in [0.1, 0.15) is 27.7 Å². The van der Waals surface area contributed by atoms with E-state index in [1.165, 1.54) is 5.56 Å². The number of thioether (sulfide) groups is 1. The lowest BCUT2D eigenvalue weighted by Gasteiger charge is -2.07. The summed E-state index contributed by atoms with van der Waals surface area (Å²) in [6, 6.07) is 2.11. The highest BCUT2D eigenvalue weighted by Crippen LogP contribution is 2.20. The number of nitrogens with one attached hydrogen (secondary N) is 1. The quantitative estimate of drug-likeness (QED) is 0.259. The number of carbonyl (C=O) groups is 3. The smallest absolute Gasteiger partial charge is 0.328 e. The first-order valence-electron chi connectivity index (χ1n) is 9.17. The van der Waals surface area contributed by atoms with Crippen LogP contribution in [0, 0.1) is 6.92 Å². The Morgan fingerprint density at radius 3 is 2.45 bits per heavy atom. The summed E-state index contributed by atoms with van der Waals surface area (Å²) in [6.45, 7) is 3.65. The average Bonchev–Trinajstić information content (AvgIpc) is 3.22. The molecule has 12 heteroatoms. The Bertz CT molecular complexity index is 890. The molecule has 0 saturated heterocycles. The Morgan fingerprint density at radius 2 is 1.94 bits per heavy atom. The number of nitrogens with zero attached hydrogens (tertiary/aromatic N) is 4. The van der Waals surface area contributed by atoms with Crippen molar-refractivity contribution in [2.45, 2.75) is 19.2 Å². The number of hydrogen-bond donors (Lipinski definition) is 3. The van der Waals surface area contributed by atoms with Gasteiger partial charge in [-0.15, -0.1) is 5.10 Å². The van der Waals surface area contributed by atoms with E-state index in [1.807, 2.05) is 14.1 Å². The molecule has 2 rings (SSSR count). The van der Waals surface area contributed by atoms with Crippen molar-refractivity contribution in [3.8, 4) is 0 Å². The summed E-state index contributed by atoms with van der Waals surface area (Å²) in [6.07, 6.45) is 1.76. The van der Waals surface area contributed by atoms with Crippen LogP contribution in [-0.2, 0) is 28.9 Å². The Balaban J connectivity index is 0.000000512. The van der Waals surface area contributed by atoms with E-state index in [0.29, 0.717) is 24.4 Å². The first-order valence-corrected chi connectivity index (χ1v) is 10.3. The second kappa shape index (κ2) is 13.2. The van der Waals surface area contributed by atoms with E-state index in [0.717, 1.165) is 36.1 Å². The molecule has 0 aliphatic carbocycles. The lowest BCUT2D eigenvalue weighted by molar-refractivity contribution is -0.134. The highest BCUT2D eigenvalue weighted by atomic mass is 32.2. The Hall–Kier alpha value is -3.12. The van der Waals surface area contributed by atoms with Crippen LogP contribution in [0.5, 0.6) is 0 Å². The third-order valence-corrected chi connectivity index (χ3v) is 4.54. The van der Waals surface area contributed by atoms with E-state index in [4.69, 9.17) is 14.6 Å². The number of rotatable bonds is 11. The van der Waals surface area contributed by atoms with Gasteiger partial charge in [0.15, 0.2) is 6.29 Å². The molecule has 11 nitrogen and oxygen atoms in total. The van der Waals surface area contributed by atoms with E-state index in [1.54, 1.807) is 23.5 Å². The van der Waals surface area contributed by atoms with Gasteiger partial charge in [0.25, 0.3) is 0 Å². The van der Waals surface area contributed by atoms with Crippen LogP contribution in [0.3, 0.4) is 0 Å². The number of aldehydes is 1. The average molecular weight is 454 g/mol. The minimum absolute atomic E-state index is 0.196. The molecular formula is C19H27N5O6S. The van der Waals surface area contributed by atoms with Gasteiger partial charge in [-0.3, -0.25) is 4.79 Å². The molecular weight excluding hydrogens is 426 g/mol. The maximum Gasteiger partial charge on any atom is 0.328 e. The lowest BCUT2D eigenvalue weighted by Crippen LogP contribution is -2.10. The minimum Gasteiger partial charge on any atom is -0.478 e. The molecule has 0 atom stereocenters. The fourth-order valence-corrected chi connectivity index (χ4v) is 3.00. The van der Waals surface area contributed by atoms with Crippen molar-refractivity contribution < 1.29 is 29.0 Å². The summed E-state index contributed by atoms with van der Waals surface area (Å²) in [5.41, 5.74) is 1.20. The normalized spacial score (nSPS) is 10.7. The fraction of sp³-hybridized carbons (Fsp3) is 0.421. The van der Waals surface area contributed by atoms with Gasteiger partial charge in [0.05, 0.1) is 12.3 Å². The molecule has 0 amide bonds. The Kier molecular flexibility index (Phi) is 11.1. The van der Waals surface area contributed by atoms with Crippen molar-refractivity contribution >= 4 is 35.9 Å². The summed E-state index contributed by atoms with van der Waals surface area (Å²) in [4.78, 5) is 35.9. The van der Waals surface area contributed by atoms with Crippen molar-refractivity contribution in [1.82, 2.24) is 19.7 Å². The second-order valence-corrected chi connectivity index (χ2v) is 7.69. The monoisotopic (exact) mass is 453 g/mol. The van der Waals surface area contributed by atoms with E-state index in [-0.39, 0.29) is 5.82 Å². The van der Waals surface area contributed by atoms with Crippen LogP contribution in [0.15, 0.2) is 22.6 Å². The van der Waals surface area contributed by atoms with E-state index >= 15 is 0 Å². The number of aryl methyl sites for hydroxylation is 2. The van der Waals surface area contributed by atoms with E-state index in [2.05, 4.69) is 33.3 Å². The van der Waals surface area contributed by atoms with Crippen LogP contribution in [0.2, 0.25) is 0 Å². The summed E-state index contributed by atoms with van der Waals surface area (Å²) in [5, 5.41) is 22.8. The molecule has 0 aliphatic rings. The molecule has 170 valence electrons. The molecule has 0 aliphatic heterocycles. The Labute approximate surface area is 184 Å². The van der Waals surface area contributed by atoms with Gasteiger partial charge in [0.2, 0.25) is 11.8 Å². The first kappa shape index (κ1) is 25.9. The van der Waals surface area contributed by atoms with Gasteiger partial charge in [-0.05, 0) is 32.6 Å². The minimum atomic E-state index is -1.26. The van der Waals surface area contributed by atoms with Gasteiger partial charge >= 0.3 is 11.9 Å². The molecule has 0 spiro atoms. The largest absolute Gasteiger partial charge is 0.478 e. The predicted molar refractivity (Wildman–Crippen MR) is 116 cm³/mol.